The summed E-state index contributed by atoms with van der Waals surface area (Å²) in [5, 5.41) is 12.4. The van der Waals surface area contributed by atoms with Crippen LogP contribution in [-0.2, 0) is 9.84 Å². The predicted molar refractivity (Wildman–Crippen MR) is 99.6 cm³/mol. The van der Waals surface area contributed by atoms with Crippen molar-refractivity contribution >= 4 is 33.0 Å². The highest BCUT2D eigenvalue weighted by Crippen LogP contribution is 2.35. The van der Waals surface area contributed by atoms with Crippen LogP contribution in [0.4, 0.5) is 18.9 Å². The summed E-state index contributed by atoms with van der Waals surface area (Å²) in [5.74, 6) is -0.992. The number of alkyl halides is 3. The fraction of sp³-hybridized carbons (Fsp3) is 0.278. The topological polar surface area (TPSA) is 83.5 Å². The van der Waals surface area contributed by atoms with E-state index in [-0.39, 0.29) is 22.9 Å². The molecule has 0 aliphatic heterocycles. The lowest BCUT2D eigenvalue weighted by Gasteiger charge is -2.16. The Hall–Kier alpha value is -2.26. The van der Waals surface area contributed by atoms with Crippen LogP contribution in [-0.4, -0.2) is 24.9 Å². The second-order valence-electron chi connectivity index (χ2n) is 6.39. The van der Waals surface area contributed by atoms with Crippen LogP contribution in [0.25, 0.3) is 0 Å². The number of benzene rings is 2. The minimum atomic E-state index is -5.56. The van der Waals surface area contributed by atoms with Gasteiger partial charge >= 0.3 is 5.51 Å². The first-order valence-electron chi connectivity index (χ1n) is 8.02. The van der Waals surface area contributed by atoms with Gasteiger partial charge in [0.25, 0.3) is 15.7 Å². The maximum absolute atomic E-state index is 12.6. The first kappa shape index (κ1) is 22.0. The van der Waals surface area contributed by atoms with Gasteiger partial charge in [0.2, 0.25) is 0 Å². The van der Waals surface area contributed by atoms with Crippen LogP contribution in [0.1, 0.15) is 41.3 Å². The second-order valence-corrected chi connectivity index (χ2v) is 8.74. The molecule has 1 amide bonds. The van der Waals surface area contributed by atoms with Crippen molar-refractivity contribution in [2.24, 2.45) is 0 Å². The summed E-state index contributed by atoms with van der Waals surface area (Å²) < 4.78 is 60.8. The number of nitrogens with one attached hydrogen (secondary N) is 1. The molecule has 28 heavy (non-hydrogen) atoms. The summed E-state index contributed by atoms with van der Waals surface area (Å²) in [6.07, 6.45) is 0. The molecule has 0 aliphatic rings. The van der Waals surface area contributed by atoms with E-state index < -0.39 is 31.2 Å². The van der Waals surface area contributed by atoms with Crippen LogP contribution >= 0.6 is 11.6 Å². The van der Waals surface area contributed by atoms with E-state index in [4.69, 9.17) is 11.6 Å². The molecule has 0 fully saturated rings. The second kappa shape index (κ2) is 7.63. The van der Waals surface area contributed by atoms with Crippen molar-refractivity contribution in [3.05, 3.63) is 52.0 Å². The Morgan fingerprint density at radius 1 is 1.18 bits per heavy atom. The number of aromatic hydroxyl groups is 1. The fourth-order valence-electron chi connectivity index (χ4n) is 2.54. The summed E-state index contributed by atoms with van der Waals surface area (Å²) >= 11 is 5.87. The Kier molecular flexibility index (Phi) is 6.01. The van der Waals surface area contributed by atoms with E-state index in [2.05, 4.69) is 5.32 Å². The van der Waals surface area contributed by atoms with Crippen molar-refractivity contribution < 1.29 is 31.5 Å². The minimum absolute atomic E-state index is 0.00532. The van der Waals surface area contributed by atoms with Crippen LogP contribution in [0.3, 0.4) is 0 Å². The van der Waals surface area contributed by atoms with Gasteiger partial charge in [-0.25, -0.2) is 8.42 Å². The molecule has 0 spiro atoms. The smallest absolute Gasteiger partial charge is 0.501 e. The average Bonchev–Trinajstić information content (AvgIpc) is 2.55. The van der Waals surface area contributed by atoms with Crippen LogP contribution in [0.2, 0.25) is 5.02 Å². The van der Waals surface area contributed by atoms with Gasteiger partial charge in [-0.1, -0.05) is 37.6 Å². The summed E-state index contributed by atoms with van der Waals surface area (Å²) in [5.41, 5.74) is -4.54. The third-order valence-electron chi connectivity index (χ3n) is 4.07. The minimum Gasteiger partial charge on any atom is -0.507 e. The molecule has 0 bridgehead atoms. The molecular formula is C18H17ClF3NO4S. The Morgan fingerprint density at radius 3 is 2.29 bits per heavy atom. The van der Waals surface area contributed by atoms with Gasteiger partial charge in [0.15, 0.2) is 0 Å². The zero-order valence-corrected chi connectivity index (χ0v) is 16.6. The van der Waals surface area contributed by atoms with E-state index in [1.54, 1.807) is 19.1 Å². The molecule has 5 nitrogen and oxygen atoms in total. The first-order valence-corrected chi connectivity index (χ1v) is 9.88. The van der Waals surface area contributed by atoms with Gasteiger partial charge in [-0.05, 0) is 42.2 Å². The maximum atomic E-state index is 12.6. The maximum Gasteiger partial charge on any atom is 0.501 e. The summed E-state index contributed by atoms with van der Waals surface area (Å²) in [6.45, 7) is 5.28. The molecule has 2 aromatic rings. The molecule has 0 radical (unpaired) electrons. The van der Waals surface area contributed by atoms with E-state index in [0.29, 0.717) is 23.3 Å². The number of carbonyl (C=O) groups excluding carboxylic acids is 1. The monoisotopic (exact) mass is 435 g/mol. The summed E-state index contributed by atoms with van der Waals surface area (Å²) in [7, 11) is -5.56. The van der Waals surface area contributed by atoms with Gasteiger partial charge in [-0.2, -0.15) is 13.2 Å². The lowest BCUT2D eigenvalue weighted by molar-refractivity contribution is -0.0436. The largest absolute Gasteiger partial charge is 0.507 e. The molecule has 0 saturated heterocycles. The molecule has 2 aromatic carbocycles. The van der Waals surface area contributed by atoms with Crippen molar-refractivity contribution in [1.29, 1.82) is 0 Å². The standard InChI is InChI=1S/C18H17ClF3NO4S/c1-9(2)12-6-4-10(3)15(16(12)24)17(25)23-14-7-5-11(8-13(14)19)28(26,27)18(20,21)22/h4-9,24H,1-3H3,(H,23,25). The van der Waals surface area contributed by atoms with Gasteiger partial charge < -0.3 is 10.4 Å². The quantitative estimate of drug-likeness (QED) is 0.706. The zero-order chi connectivity index (χ0) is 21.4. The Bertz CT molecular complexity index is 1030. The first-order chi connectivity index (χ1) is 12.8. The number of hydrogen-bond donors (Lipinski definition) is 2. The number of sulfone groups is 1. The molecule has 2 N–H and O–H groups in total. The molecule has 0 saturated carbocycles. The van der Waals surface area contributed by atoms with Gasteiger partial charge in [0, 0.05) is 0 Å². The molecule has 0 aromatic heterocycles. The van der Waals surface area contributed by atoms with Gasteiger partial charge in [0.05, 0.1) is 21.2 Å². The van der Waals surface area contributed by atoms with E-state index in [1.165, 1.54) is 0 Å². The van der Waals surface area contributed by atoms with Crippen molar-refractivity contribution in [3.63, 3.8) is 0 Å². The van der Waals surface area contributed by atoms with E-state index in [1.807, 2.05) is 13.8 Å². The predicted octanol–water partition coefficient (Wildman–Crippen LogP) is 5.02. The number of phenolic OH excluding ortho intramolecular Hbond substituents is 1. The Balaban J connectivity index is 2.40. The Morgan fingerprint density at radius 2 is 1.79 bits per heavy atom. The molecule has 0 unspecified atom stereocenters. The molecule has 0 heterocycles. The SMILES string of the molecule is Cc1ccc(C(C)C)c(O)c1C(=O)Nc1ccc(S(=O)(=O)C(F)(F)F)cc1Cl. The number of amides is 1. The summed E-state index contributed by atoms with van der Waals surface area (Å²) in [6, 6.07) is 5.61. The average molecular weight is 436 g/mol. The molecular weight excluding hydrogens is 419 g/mol. The number of halogens is 4. The van der Waals surface area contributed by atoms with Crippen LogP contribution in [0.15, 0.2) is 35.2 Å². The van der Waals surface area contributed by atoms with E-state index in [0.717, 1.165) is 6.07 Å². The summed E-state index contributed by atoms with van der Waals surface area (Å²) in [4.78, 5) is 11.6. The van der Waals surface area contributed by atoms with Gasteiger partial charge in [-0.3, -0.25) is 4.79 Å². The van der Waals surface area contributed by atoms with Crippen molar-refractivity contribution in [2.45, 2.75) is 37.1 Å². The van der Waals surface area contributed by atoms with Crippen LogP contribution in [0.5, 0.6) is 5.75 Å². The fourth-order valence-corrected chi connectivity index (χ4v) is 3.62. The zero-order valence-electron chi connectivity index (χ0n) is 15.1. The lowest BCUT2D eigenvalue weighted by Crippen LogP contribution is -2.23. The number of aryl methyl sites for hydroxylation is 1. The number of rotatable bonds is 4. The van der Waals surface area contributed by atoms with Crippen molar-refractivity contribution in [3.8, 4) is 5.75 Å². The number of carbonyl (C=O) groups is 1. The highest BCUT2D eigenvalue weighted by molar-refractivity contribution is 7.92. The molecule has 2 rings (SSSR count). The Labute approximate surface area is 165 Å². The van der Waals surface area contributed by atoms with Crippen LogP contribution in [0, 0.1) is 6.92 Å². The van der Waals surface area contributed by atoms with Gasteiger partial charge in [0.1, 0.15) is 5.75 Å². The highest BCUT2D eigenvalue weighted by Gasteiger charge is 2.47. The van der Waals surface area contributed by atoms with E-state index in [9.17, 15) is 31.5 Å². The number of phenols is 1. The van der Waals surface area contributed by atoms with Crippen LogP contribution < -0.4 is 5.32 Å². The van der Waals surface area contributed by atoms with Crippen molar-refractivity contribution in [1.82, 2.24) is 0 Å². The molecule has 10 heteroatoms. The molecule has 152 valence electrons. The van der Waals surface area contributed by atoms with Crippen molar-refractivity contribution in [2.75, 3.05) is 5.32 Å². The van der Waals surface area contributed by atoms with E-state index >= 15 is 0 Å². The molecule has 0 aliphatic carbocycles. The lowest BCUT2D eigenvalue weighted by atomic mass is 9.95. The normalized spacial score (nSPS) is 12.3. The molecule has 0 atom stereocenters. The third-order valence-corrected chi connectivity index (χ3v) is 5.87. The number of hydrogen-bond acceptors (Lipinski definition) is 4. The van der Waals surface area contributed by atoms with Gasteiger partial charge in [-0.15, -0.1) is 0 Å². The number of anilines is 1. The third kappa shape index (κ3) is 4.10. The highest BCUT2D eigenvalue weighted by atomic mass is 35.5.